The Kier molecular flexibility index (Phi) is 7.30. The highest BCUT2D eigenvalue weighted by atomic mass is 16.5. The van der Waals surface area contributed by atoms with Gasteiger partial charge in [-0.3, -0.25) is 0 Å². The maximum absolute atomic E-state index is 8.71. The van der Waals surface area contributed by atoms with E-state index >= 15 is 0 Å². The Balaban J connectivity index is 2.61. The SMILES string of the molecule is CCC(C)Oc1ccc(CNCCCO)cc1OC. The molecule has 0 aliphatic heterocycles. The predicted octanol–water partition coefficient (Wildman–Crippen LogP) is 2.34. The Morgan fingerprint density at radius 3 is 2.74 bits per heavy atom. The van der Waals surface area contributed by atoms with Crippen LogP contribution in [0.3, 0.4) is 0 Å². The second kappa shape index (κ2) is 8.77. The molecule has 0 aliphatic rings. The predicted molar refractivity (Wildman–Crippen MR) is 76.8 cm³/mol. The van der Waals surface area contributed by atoms with Gasteiger partial charge in [-0.1, -0.05) is 13.0 Å². The molecule has 0 saturated carbocycles. The van der Waals surface area contributed by atoms with E-state index in [4.69, 9.17) is 14.6 Å². The molecule has 19 heavy (non-hydrogen) atoms. The quantitative estimate of drug-likeness (QED) is 0.674. The lowest BCUT2D eigenvalue weighted by Gasteiger charge is -2.16. The van der Waals surface area contributed by atoms with Gasteiger partial charge >= 0.3 is 0 Å². The van der Waals surface area contributed by atoms with Crippen molar-refractivity contribution in [2.75, 3.05) is 20.3 Å². The van der Waals surface area contributed by atoms with Crippen LogP contribution < -0.4 is 14.8 Å². The zero-order valence-electron chi connectivity index (χ0n) is 12.1. The van der Waals surface area contributed by atoms with E-state index in [0.29, 0.717) is 0 Å². The first-order valence-electron chi connectivity index (χ1n) is 6.86. The highest BCUT2D eigenvalue weighted by Gasteiger charge is 2.08. The first kappa shape index (κ1) is 15.8. The summed E-state index contributed by atoms with van der Waals surface area (Å²) in [5, 5.41) is 12.0. The van der Waals surface area contributed by atoms with Crippen molar-refractivity contribution < 1.29 is 14.6 Å². The topological polar surface area (TPSA) is 50.7 Å². The van der Waals surface area contributed by atoms with Crippen LogP contribution in [0.5, 0.6) is 11.5 Å². The summed E-state index contributed by atoms with van der Waals surface area (Å²) in [4.78, 5) is 0. The first-order valence-corrected chi connectivity index (χ1v) is 6.86. The largest absolute Gasteiger partial charge is 0.493 e. The average Bonchev–Trinajstić information content (AvgIpc) is 2.44. The molecule has 0 radical (unpaired) electrons. The van der Waals surface area contributed by atoms with E-state index < -0.39 is 0 Å². The maximum atomic E-state index is 8.71. The minimum Gasteiger partial charge on any atom is -0.493 e. The number of hydrogen-bond acceptors (Lipinski definition) is 4. The summed E-state index contributed by atoms with van der Waals surface area (Å²) in [6, 6.07) is 5.98. The second-order valence-electron chi connectivity index (χ2n) is 4.58. The molecule has 1 aromatic carbocycles. The molecule has 0 aromatic heterocycles. The molecule has 4 nitrogen and oxygen atoms in total. The Bertz CT molecular complexity index is 368. The van der Waals surface area contributed by atoms with Crippen molar-refractivity contribution in [3.63, 3.8) is 0 Å². The first-order chi connectivity index (χ1) is 9.21. The van der Waals surface area contributed by atoms with E-state index in [0.717, 1.165) is 43.0 Å². The number of nitrogens with one attached hydrogen (secondary N) is 1. The van der Waals surface area contributed by atoms with Crippen molar-refractivity contribution in [2.45, 2.75) is 39.3 Å². The van der Waals surface area contributed by atoms with Crippen LogP contribution >= 0.6 is 0 Å². The fourth-order valence-electron chi connectivity index (χ4n) is 1.66. The van der Waals surface area contributed by atoms with Gasteiger partial charge < -0.3 is 19.9 Å². The van der Waals surface area contributed by atoms with Crippen LogP contribution in [0.15, 0.2) is 18.2 Å². The third-order valence-electron chi connectivity index (χ3n) is 2.97. The zero-order chi connectivity index (χ0) is 14.1. The van der Waals surface area contributed by atoms with Crippen molar-refractivity contribution in [2.24, 2.45) is 0 Å². The Morgan fingerprint density at radius 2 is 2.11 bits per heavy atom. The van der Waals surface area contributed by atoms with Crippen LogP contribution in [0.25, 0.3) is 0 Å². The van der Waals surface area contributed by atoms with Crippen molar-refractivity contribution >= 4 is 0 Å². The molecule has 2 N–H and O–H groups in total. The van der Waals surface area contributed by atoms with Crippen molar-refractivity contribution in [3.8, 4) is 11.5 Å². The number of methoxy groups -OCH3 is 1. The van der Waals surface area contributed by atoms with Crippen LogP contribution in [-0.2, 0) is 6.54 Å². The zero-order valence-corrected chi connectivity index (χ0v) is 12.1. The summed E-state index contributed by atoms with van der Waals surface area (Å²) in [5.41, 5.74) is 1.14. The number of ether oxygens (including phenoxy) is 2. The maximum Gasteiger partial charge on any atom is 0.161 e. The highest BCUT2D eigenvalue weighted by molar-refractivity contribution is 5.43. The van der Waals surface area contributed by atoms with Crippen molar-refractivity contribution in [3.05, 3.63) is 23.8 Å². The molecule has 1 unspecified atom stereocenters. The summed E-state index contributed by atoms with van der Waals surface area (Å²) in [7, 11) is 1.65. The Labute approximate surface area is 115 Å². The molecule has 0 amide bonds. The van der Waals surface area contributed by atoms with Gasteiger partial charge in [-0.25, -0.2) is 0 Å². The number of benzene rings is 1. The van der Waals surface area contributed by atoms with Crippen LogP contribution in [-0.4, -0.2) is 31.5 Å². The molecule has 108 valence electrons. The number of aliphatic hydroxyl groups is 1. The summed E-state index contributed by atoms with van der Waals surface area (Å²) < 4.78 is 11.2. The molecule has 1 atom stereocenters. The molecular weight excluding hydrogens is 242 g/mol. The lowest BCUT2D eigenvalue weighted by molar-refractivity contribution is 0.207. The third-order valence-corrected chi connectivity index (χ3v) is 2.97. The Morgan fingerprint density at radius 1 is 1.32 bits per heavy atom. The summed E-state index contributed by atoms with van der Waals surface area (Å²) in [5.74, 6) is 1.55. The van der Waals surface area contributed by atoms with Crippen LogP contribution in [0.1, 0.15) is 32.3 Å². The monoisotopic (exact) mass is 267 g/mol. The van der Waals surface area contributed by atoms with E-state index in [1.165, 1.54) is 0 Å². The molecule has 0 heterocycles. The van der Waals surface area contributed by atoms with Crippen LogP contribution in [0.2, 0.25) is 0 Å². The van der Waals surface area contributed by atoms with E-state index in [1.54, 1.807) is 7.11 Å². The number of aliphatic hydroxyl groups excluding tert-OH is 1. The minimum atomic E-state index is 0.183. The van der Waals surface area contributed by atoms with Gasteiger partial charge in [0.05, 0.1) is 13.2 Å². The number of hydrogen-bond donors (Lipinski definition) is 2. The smallest absolute Gasteiger partial charge is 0.161 e. The normalized spacial score (nSPS) is 12.2. The Hall–Kier alpha value is -1.26. The van der Waals surface area contributed by atoms with Gasteiger partial charge in [0, 0.05) is 13.2 Å². The van der Waals surface area contributed by atoms with Crippen LogP contribution in [0, 0.1) is 0 Å². The summed E-state index contributed by atoms with van der Waals surface area (Å²) >= 11 is 0. The van der Waals surface area contributed by atoms with Crippen LogP contribution in [0.4, 0.5) is 0 Å². The van der Waals surface area contributed by atoms with Crippen molar-refractivity contribution in [1.29, 1.82) is 0 Å². The van der Waals surface area contributed by atoms with Gasteiger partial charge in [0.1, 0.15) is 0 Å². The molecule has 1 aromatic rings. The van der Waals surface area contributed by atoms with Gasteiger partial charge in [0.2, 0.25) is 0 Å². The van der Waals surface area contributed by atoms with E-state index in [2.05, 4.69) is 12.2 Å². The lowest BCUT2D eigenvalue weighted by atomic mass is 10.2. The fourth-order valence-corrected chi connectivity index (χ4v) is 1.66. The van der Waals surface area contributed by atoms with E-state index in [-0.39, 0.29) is 12.7 Å². The average molecular weight is 267 g/mol. The molecular formula is C15H25NO3. The fraction of sp³-hybridized carbons (Fsp3) is 0.600. The summed E-state index contributed by atoms with van der Waals surface area (Å²) in [6.45, 7) is 5.93. The van der Waals surface area contributed by atoms with Gasteiger partial charge in [0.25, 0.3) is 0 Å². The second-order valence-corrected chi connectivity index (χ2v) is 4.58. The van der Waals surface area contributed by atoms with E-state index in [9.17, 15) is 0 Å². The summed E-state index contributed by atoms with van der Waals surface area (Å²) in [6.07, 6.45) is 1.92. The minimum absolute atomic E-state index is 0.183. The van der Waals surface area contributed by atoms with Crippen molar-refractivity contribution in [1.82, 2.24) is 5.32 Å². The lowest BCUT2D eigenvalue weighted by Crippen LogP contribution is -2.16. The molecule has 0 bridgehead atoms. The van der Waals surface area contributed by atoms with Gasteiger partial charge in [-0.05, 0) is 44.0 Å². The molecule has 0 saturated heterocycles. The number of rotatable bonds is 9. The van der Waals surface area contributed by atoms with Gasteiger partial charge in [-0.2, -0.15) is 0 Å². The standard InChI is InChI=1S/C15H25NO3/c1-4-12(2)19-14-7-6-13(10-15(14)18-3)11-16-8-5-9-17/h6-7,10,12,16-17H,4-5,8-9,11H2,1-3H3. The van der Waals surface area contributed by atoms with Gasteiger partial charge in [-0.15, -0.1) is 0 Å². The molecule has 0 aliphatic carbocycles. The van der Waals surface area contributed by atoms with Gasteiger partial charge in [0.15, 0.2) is 11.5 Å². The highest BCUT2D eigenvalue weighted by Crippen LogP contribution is 2.29. The molecule has 0 spiro atoms. The third kappa shape index (κ3) is 5.49. The van der Waals surface area contributed by atoms with E-state index in [1.807, 2.05) is 25.1 Å². The molecule has 0 fully saturated rings. The molecule has 1 rings (SSSR count). The molecule has 4 heteroatoms.